The summed E-state index contributed by atoms with van der Waals surface area (Å²) >= 11 is 0. The molecule has 0 saturated carbocycles. The van der Waals surface area contributed by atoms with Crippen LogP contribution in [0.15, 0.2) is 18.2 Å². The summed E-state index contributed by atoms with van der Waals surface area (Å²) < 4.78 is 5.27. The van der Waals surface area contributed by atoms with Gasteiger partial charge in [0.15, 0.2) is 0 Å². The third-order valence-electron chi connectivity index (χ3n) is 3.51. The lowest BCUT2D eigenvalue weighted by Crippen LogP contribution is -2.43. The molecular formula is C15H22N2O2. The van der Waals surface area contributed by atoms with E-state index >= 15 is 0 Å². The Kier molecular flexibility index (Phi) is 4.10. The first kappa shape index (κ1) is 13.9. The molecule has 2 rings (SSSR count). The van der Waals surface area contributed by atoms with E-state index in [1.54, 1.807) is 0 Å². The number of anilines is 1. The van der Waals surface area contributed by atoms with Crippen LogP contribution in [0, 0.1) is 0 Å². The molecule has 1 aromatic rings. The van der Waals surface area contributed by atoms with Crippen LogP contribution in [0.3, 0.4) is 0 Å². The summed E-state index contributed by atoms with van der Waals surface area (Å²) in [6.07, 6.45) is 0.886. The zero-order chi connectivity index (χ0) is 14.0. The number of hydrogen-bond donors (Lipinski definition) is 1. The minimum absolute atomic E-state index is 0.0670. The summed E-state index contributed by atoms with van der Waals surface area (Å²) in [6.45, 7) is 7.29. The van der Waals surface area contributed by atoms with Crippen molar-refractivity contribution >= 4 is 11.7 Å². The average molecular weight is 262 g/mol. The standard InChI is InChI=1S/C15H22N2O2/c1-10(2)19-15(18)11(3)17-7-6-12-4-5-14(16)8-13(12)9-17/h4-5,8,10-11H,6-7,9,16H2,1-3H3. The van der Waals surface area contributed by atoms with Crippen LogP contribution in [0.25, 0.3) is 0 Å². The van der Waals surface area contributed by atoms with Crippen LogP contribution in [-0.2, 0) is 22.5 Å². The second-order valence-electron chi connectivity index (χ2n) is 5.41. The van der Waals surface area contributed by atoms with E-state index in [-0.39, 0.29) is 18.1 Å². The van der Waals surface area contributed by atoms with E-state index in [2.05, 4.69) is 11.0 Å². The maximum Gasteiger partial charge on any atom is 0.323 e. The third kappa shape index (κ3) is 3.26. The van der Waals surface area contributed by atoms with Gasteiger partial charge in [0.1, 0.15) is 6.04 Å². The molecule has 0 aliphatic carbocycles. The fourth-order valence-electron chi connectivity index (χ4n) is 2.41. The number of fused-ring (bicyclic) bond motifs is 1. The van der Waals surface area contributed by atoms with Gasteiger partial charge in [0.25, 0.3) is 0 Å². The van der Waals surface area contributed by atoms with Crippen LogP contribution >= 0.6 is 0 Å². The summed E-state index contributed by atoms with van der Waals surface area (Å²) in [7, 11) is 0. The zero-order valence-corrected chi connectivity index (χ0v) is 11.8. The van der Waals surface area contributed by atoms with Gasteiger partial charge < -0.3 is 10.5 Å². The molecule has 2 N–H and O–H groups in total. The highest BCUT2D eigenvalue weighted by molar-refractivity contribution is 5.75. The lowest BCUT2D eigenvalue weighted by Gasteiger charge is -2.32. The number of benzene rings is 1. The van der Waals surface area contributed by atoms with Gasteiger partial charge in [-0.2, -0.15) is 0 Å². The smallest absolute Gasteiger partial charge is 0.323 e. The Hall–Kier alpha value is -1.55. The average Bonchev–Trinajstić information content (AvgIpc) is 2.36. The highest BCUT2D eigenvalue weighted by Crippen LogP contribution is 2.23. The Morgan fingerprint density at radius 2 is 2.05 bits per heavy atom. The molecule has 0 amide bonds. The van der Waals surface area contributed by atoms with E-state index in [1.807, 2.05) is 32.9 Å². The molecule has 0 saturated heterocycles. The molecule has 0 spiro atoms. The molecule has 19 heavy (non-hydrogen) atoms. The van der Waals surface area contributed by atoms with E-state index in [4.69, 9.17) is 10.5 Å². The molecular weight excluding hydrogens is 240 g/mol. The van der Waals surface area contributed by atoms with Crippen molar-refractivity contribution in [2.24, 2.45) is 0 Å². The van der Waals surface area contributed by atoms with Gasteiger partial charge in [-0.25, -0.2) is 0 Å². The highest BCUT2D eigenvalue weighted by Gasteiger charge is 2.26. The van der Waals surface area contributed by atoms with Crippen molar-refractivity contribution in [3.05, 3.63) is 29.3 Å². The number of rotatable bonds is 3. The van der Waals surface area contributed by atoms with E-state index in [9.17, 15) is 4.79 Å². The fourth-order valence-corrected chi connectivity index (χ4v) is 2.41. The highest BCUT2D eigenvalue weighted by atomic mass is 16.5. The Bertz CT molecular complexity index is 471. The summed E-state index contributed by atoms with van der Waals surface area (Å²) in [4.78, 5) is 14.1. The number of ether oxygens (including phenoxy) is 1. The summed E-state index contributed by atoms with van der Waals surface area (Å²) in [5.41, 5.74) is 9.14. The van der Waals surface area contributed by atoms with Crippen LogP contribution < -0.4 is 5.73 Å². The van der Waals surface area contributed by atoms with Crippen molar-refractivity contribution < 1.29 is 9.53 Å². The molecule has 1 aliphatic rings. The first-order chi connectivity index (χ1) is 8.97. The van der Waals surface area contributed by atoms with Crippen LogP contribution in [0.4, 0.5) is 5.69 Å². The Morgan fingerprint density at radius 1 is 1.32 bits per heavy atom. The van der Waals surface area contributed by atoms with Crippen molar-refractivity contribution in [1.82, 2.24) is 4.90 Å². The first-order valence-corrected chi connectivity index (χ1v) is 6.79. The maximum absolute atomic E-state index is 11.9. The summed E-state index contributed by atoms with van der Waals surface area (Å²) in [5, 5.41) is 0. The molecule has 104 valence electrons. The van der Waals surface area contributed by atoms with E-state index in [1.165, 1.54) is 11.1 Å². The van der Waals surface area contributed by atoms with Gasteiger partial charge >= 0.3 is 5.97 Å². The molecule has 0 radical (unpaired) electrons. The molecule has 0 fully saturated rings. The number of hydrogen-bond acceptors (Lipinski definition) is 4. The molecule has 1 heterocycles. The SMILES string of the molecule is CC(C)OC(=O)C(C)N1CCc2ccc(N)cc2C1. The Morgan fingerprint density at radius 3 is 2.74 bits per heavy atom. The molecule has 0 aromatic heterocycles. The van der Waals surface area contributed by atoms with E-state index in [0.29, 0.717) is 0 Å². The Labute approximate surface area is 114 Å². The van der Waals surface area contributed by atoms with Crippen molar-refractivity contribution in [2.45, 2.75) is 45.9 Å². The molecule has 1 atom stereocenters. The maximum atomic E-state index is 11.9. The number of carbonyl (C=O) groups excluding carboxylic acids is 1. The van der Waals surface area contributed by atoms with Gasteiger partial charge in [-0.15, -0.1) is 0 Å². The van der Waals surface area contributed by atoms with Crippen molar-refractivity contribution in [3.63, 3.8) is 0 Å². The molecule has 1 aromatic carbocycles. The minimum atomic E-state index is -0.211. The number of esters is 1. The zero-order valence-electron chi connectivity index (χ0n) is 11.8. The van der Waals surface area contributed by atoms with Crippen LogP contribution in [0.2, 0.25) is 0 Å². The van der Waals surface area contributed by atoms with Crippen LogP contribution in [0.5, 0.6) is 0 Å². The van der Waals surface area contributed by atoms with Gasteiger partial charge in [0.2, 0.25) is 0 Å². The molecule has 4 nitrogen and oxygen atoms in total. The second-order valence-corrected chi connectivity index (χ2v) is 5.41. The van der Waals surface area contributed by atoms with Gasteiger partial charge in [0.05, 0.1) is 6.10 Å². The Balaban J connectivity index is 2.06. The number of nitrogens with zero attached hydrogens (tertiary/aromatic N) is 1. The predicted octanol–water partition coefficient (Wildman–Crippen LogP) is 1.97. The predicted molar refractivity (Wildman–Crippen MR) is 75.7 cm³/mol. The lowest BCUT2D eigenvalue weighted by atomic mass is 9.98. The van der Waals surface area contributed by atoms with Gasteiger partial charge in [-0.1, -0.05) is 6.07 Å². The monoisotopic (exact) mass is 262 g/mol. The molecule has 1 unspecified atom stereocenters. The van der Waals surface area contributed by atoms with Crippen molar-refractivity contribution in [3.8, 4) is 0 Å². The number of nitrogens with two attached hydrogens (primary N) is 1. The van der Waals surface area contributed by atoms with Crippen LogP contribution in [0.1, 0.15) is 31.9 Å². The largest absolute Gasteiger partial charge is 0.462 e. The van der Waals surface area contributed by atoms with E-state index < -0.39 is 0 Å². The molecule has 4 heteroatoms. The van der Waals surface area contributed by atoms with Gasteiger partial charge in [-0.05, 0) is 50.5 Å². The lowest BCUT2D eigenvalue weighted by molar-refractivity contribution is -0.153. The van der Waals surface area contributed by atoms with Crippen molar-refractivity contribution in [1.29, 1.82) is 0 Å². The molecule has 1 aliphatic heterocycles. The normalized spacial score (nSPS) is 17.1. The first-order valence-electron chi connectivity index (χ1n) is 6.79. The number of carbonyl (C=O) groups is 1. The second kappa shape index (κ2) is 5.61. The van der Waals surface area contributed by atoms with Gasteiger partial charge in [0, 0.05) is 18.8 Å². The fraction of sp³-hybridized carbons (Fsp3) is 0.533. The van der Waals surface area contributed by atoms with E-state index in [0.717, 1.165) is 25.2 Å². The quantitative estimate of drug-likeness (QED) is 0.668. The number of nitrogen functional groups attached to an aromatic ring is 1. The topological polar surface area (TPSA) is 55.6 Å². The van der Waals surface area contributed by atoms with Crippen LogP contribution in [-0.4, -0.2) is 29.6 Å². The van der Waals surface area contributed by atoms with Crippen molar-refractivity contribution in [2.75, 3.05) is 12.3 Å². The summed E-state index contributed by atoms with van der Waals surface area (Å²) in [5.74, 6) is -0.151. The summed E-state index contributed by atoms with van der Waals surface area (Å²) in [6, 6.07) is 5.81. The van der Waals surface area contributed by atoms with Gasteiger partial charge in [-0.3, -0.25) is 9.69 Å². The third-order valence-corrected chi connectivity index (χ3v) is 3.51. The minimum Gasteiger partial charge on any atom is -0.462 e. The molecule has 0 bridgehead atoms.